The van der Waals surface area contributed by atoms with E-state index in [1.165, 1.54) is 6.07 Å². The van der Waals surface area contributed by atoms with Crippen molar-refractivity contribution in [1.82, 2.24) is 19.4 Å². The van der Waals surface area contributed by atoms with Gasteiger partial charge < -0.3 is 14.2 Å². The zero-order chi connectivity index (χ0) is 19.9. The quantitative estimate of drug-likeness (QED) is 0.692. The highest BCUT2D eigenvalue weighted by Gasteiger charge is 2.18. The van der Waals surface area contributed by atoms with Crippen LogP contribution in [0, 0.1) is 11.6 Å². The second kappa shape index (κ2) is 9.75. The third-order valence-electron chi connectivity index (χ3n) is 4.92. The van der Waals surface area contributed by atoms with Crippen molar-refractivity contribution < 1.29 is 18.3 Å². The summed E-state index contributed by atoms with van der Waals surface area (Å²) in [7, 11) is 0. The standard InChI is InChI=1S/C20H26F2N4O2/c1-2-20(27)26(8-7-24-9-11-28-12-10-24)15-19-23-5-6-25(19)14-16-3-4-17(21)18(22)13-16/h3-6,13H,2,7-12,14-15H2,1H3. The van der Waals surface area contributed by atoms with E-state index >= 15 is 0 Å². The topological polar surface area (TPSA) is 50.6 Å². The molecule has 0 atom stereocenters. The van der Waals surface area contributed by atoms with Crippen LogP contribution in [0.4, 0.5) is 8.78 Å². The maximum absolute atomic E-state index is 13.5. The first-order valence-electron chi connectivity index (χ1n) is 9.58. The zero-order valence-corrected chi connectivity index (χ0v) is 16.1. The monoisotopic (exact) mass is 392 g/mol. The number of morpholine rings is 1. The van der Waals surface area contributed by atoms with E-state index < -0.39 is 11.6 Å². The number of carbonyl (C=O) groups excluding carboxylic acids is 1. The van der Waals surface area contributed by atoms with Crippen LogP contribution in [0.2, 0.25) is 0 Å². The average molecular weight is 392 g/mol. The number of benzene rings is 1. The lowest BCUT2D eigenvalue weighted by molar-refractivity contribution is -0.132. The van der Waals surface area contributed by atoms with E-state index in [1.807, 2.05) is 11.5 Å². The highest BCUT2D eigenvalue weighted by atomic mass is 19.2. The largest absolute Gasteiger partial charge is 0.379 e. The second-order valence-corrected chi connectivity index (χ2v) is 6.84. The van der Waals surface area contributed by atoms with Crippen molar-refractivity contribution >= 4 is 5.91 Å². The van der Waals surface area contributed by atoms with Crippen molar-refractivity contribution in [2.45, 2.75) is 26.4 Å². The van der Waals surface area contributed by atoms with Crippen LogP contribution in [0.1, 0.15) is 24.7 Å². The lowest BCUT2D eigenvalue weighted by Crippen LogP contribution is -2.43. The summed E-state index contributed by atoms with van der Waals surface area (Å²) in [5.74, 6) is -0.950. The minimum atomic E-state index is -0.868. The van der Waals surface area contributed by atoms with Gasteiger partial charge in [0.15, 0.2) is 11.6 Å². The van der Waals surface area contributed by atoms with Gasteiger partial charge in [0.2, 0.25) is 5.91 Å². The fraction of sp³-hybridized carbons (Fsp3) is 0.500. The van der Waals surface area contributed by atoms with Gasteiger partial charge in [-0.3, -0.25) is 9.69 Å². The first-order valence-corrected chi connectivity index (χ1v) is 9.58. The van der Waals surface area contributed by atoms with Crippen molar-refractivity contribution in [3.8, 4) is 0 Å². The van der Waals surface area contributed by atoms with Crippen molar-refractivity contribution in [3.05, 3.63) is 53.6 Å². The van der Waals surface area contributed by atoms with Crippen molar-refractivity contribution in [1.29, 1.82) is 0 Å². The molecule has 2 heterocycles. The van der Waals surface area contributed by atoms with Gasteiger partial charge in [0.05, 0.1) is 19.8 Å². The van der Waals surface area contributed by atoms with Crippen LogP contribution in [0.3, 0.4) is 0 Å². The number of rotatable bonds is 8. The molecule has 1 aromatic heterocycles. The summed E-state index contributed by atoms with van der Waals surface area (Å²) in [6, 6.07) is 3.86. The molecule has 1 aliphatic rings. The third kappa shape index (κ3) is 5.36. The minimum Gasteiger partial charge on any atom is -0.379 e. The van der Waals surface area contributed by atoms with E-state index in [0.29, 0.717) is 37.4 Å². The Morgan fingerprint density at radius 3 is 2.75 bits per heavy atom. The molecule has 0 bridgehead atoms. The van der Waals surface area contributed by atoms with Gasteiger partial charge in [0.25, 0.3) is 0 Å². The Hall–Kier alpha value is -2.32. The van der Waals surface area contributed by atoms with Crippen LogP contribution < -0.4 is 0 Å². The fourth-order valence-electron chi connectivity index (χ4n) is 3.24. The van der Waals surface area contributed by atoms with Gasteiger partial charge in [0.1, 0.15) is 5.82 Å². The van der Waals surface area contributed by atoms with Crippen LogP contribution in [0.25, 0.3) is 0 Å². The number of carbonyl (C=O) groups is 1. The Morgan fingerprint density at radius 1 is 1.25 bits per heavy atom. The molecule has 6 nitrogen and oxygen atoms in total. The van der Waals surface area contributed by atoms with Crippen molar-refractivity contribution in [3.63, 3.8) is 0 Å². The molecular weight excluding hydrogens is 366 g/mol. The number of hydrogen-bond acceptors (Lipinski definition) is 4. The Kier molecular flexibility index (Phi) is 7.11. The predicted molar refractivity (Wildman–Crippen MR) is 101 cm³/mol. The molecule has 3 rings (SSSR count). The molecule has 2 aromatic rings. The van der Waals surface area contributed by atoms with Crippen molar-refractivity contribution in [2.75, 3.05) is 39.4 Å². The Labute approximate surface area is 163 Å². The number of hydrogen-bond donors (Lipinski definition) is 0. The van der Waals surface area contributed by atoms with E-state index in [-0.39, 0.29) is 5.91 Å². The van der Waals surface area contributed by atoms with Gasteiger partial charge in [0, 0.05) is 51.5 Å². The summed E-state index contributed by atoms with van der Waals surface area (Å²) in [4.78, 5) is 20.9. The van der Waals surface area contributed by atoms with Crippen molar-refractivity contribution in [2.24, 2.45) is 0 Å². The number of ether oxygens (including phenoxy) is 1. The van der Waals surface area contributed by atoms with E-state index in [4.69, 9.17) is 4.74 Å². The lowest BCUT2D eigenvalue weighted by atomic mass is 10.2. The Balaban J connectivity index is 1.66. The third-order valence-corrected chi connectivity index (χ3v) is 4.92. The van der Waals surface area contributed by atoms with Gasteiger partial charge in [-0.25, -0.2) is 13.8 Å². The van der Waals surface area contributed by atoms with Crippen LogP contribution >= 0.6 is 0 Å². The molecule has 0 N–H and O–H groups in total. The normalized spacial score (nSPS) is 15.0. The molecule has 1 aliphatic heterocycles. The summed E-state index contributed by atoms with van der Waals surface area (Å²) >= 11 is 0. The SMILES string of the molecule is CCC(=O)N(CCN1CCOCC1)Cc1nccn1Cc1ccc(F)c(F)c1. The van der Waals surface area contributed by atoms with Gasteiger partial charge in [-0.15, -0.1) is 0 Å². The van der Waals surface area contributed by atoms with E-state index in [1.54, 1.807) is 23.4 Å². The fourth-order valence-corrected chi connectivity index (χ4v) is 3.24. The number of amides is 1. The van der Waals surface area contributed by atoms with Crippen LogP contribution in [-0.2, 0) is 22.6 Å². The van der Waals surface area contributed by atoms with Gasteiger partial charge in [-0.1, -0.05) is 13.0 Å². The smallest absolute Gasteiger partial charge is 0.222 e. The van der Waals surface area contributed by atoms with Gasteiger partial charge in [-0.05, 0) is 17.7 Å². The van der Waals surface area contributed by atoms with E-state index in [0.717, 1.165) is 38.9 Å². The summed E-state index contributed by atoms with van der Waals surface area (Å²) < 4.78 is 33.8. The predicted octanol–water partition coefficient (Wildman–Crippen LogP) is 2.28. The molecule has 8 heteroatoms. The Bertz CT molecular complexity index is 790. The zero-order valence-electron chi connectivity index (χ0n) is 16.1. The van der Waals surface area contributed by atoms with E-state index in [9.17, 15) is 13.6 Å². The highest BCUT2D eigenvalue weighted by molar-refractivity contribution is 5.75. The summed E-state index contributed by atoms with van der Waals surface area (Å²) in [5, 5.41) is 0. The molecule has 0 radical (unpaired) electrons. The first-order chi connectivity index (χ1) is 13.6. The molecule has 0 saturated carbocycles. The summed E-state index contributed by atoms with van der Waals surface area (Å²) in [5.41, 5.74) is 0.639. The molecule has 1 saturated heterocycles. The van der Waals surface area contributed by atoms with Crippen LogP contribution in [0.15, 0.2) is 30.6 Å². The lowest BCUT2D eigenvalue weighted by Gasteiger charge is -2.30. The first kappa shape index (κ1) is 20.4. The molecular formula is C20H26F2N4O2. The molecule has 0 unspecified atom stereocenters. The number of imidazole rings is 1. The maximum Gasteiger partial charge on any atom is 0.222 e. The minimum absolute atomic E-state index is 0.0654. The summed E-state index contributed by atoms with van der Waals surface area (Å²) in [6.45, 7) is 7.19. The molecule has 1 fully saturated rings. The second-order valence-electron chi connectivity index (χ2n) is 6.84. The summed E-state index contributed by atoms with van der Waals surface area (Å²) in [6.07, 6.45) is 3.87. The molecule has 1 aromatic carbocycles. The molecule has 28 heavy (non-hydrogen) atoms. The molecule has 152 valence electrons. The molecule has 0 aliphatic carbocycles. The Morgan fingerprint density at radius 2 is 2.04 bits per heavy atom. The molecule has 1 amide bonds. The highest BCUT2D eigenvalue weighted by Crippen LogP contribution is 2.13. The number of aromatic nitrogens is 2. The van der Waals surface area contributed by atoms with Crippen LogP contribution in [0.5, 0.6) is 0 Å². The van der Waals surface area contributed by atoms with Crippen LogP contribution in [-0.4, -0.2) is 64.7 Å². The van der Waals surface area contributed by atoms with E-state index in [2.05, 4.69) is 9.88 Å². The molecule has 0 spiro atoms. The average Bonchev–Trinajstić information content (AvgIpc) is 3.14. The number of halogens is 2. The van der Waals surface area contributed by atoms with Gasteiger partial charge in [-0.2, -0.15) is 0 Å². The maximum atomic E-state index is 13.5. The van der Waals surface area contributed by atoms with Gasteiger partial charge >= 0.3 is 0 Å². The number of nitrogens with zero attached hydrogens (tertiary/aromatic N) is 4.